The molecule has 1 aliphatic carbocycles. The predicted molar refractivity (Wildman–Crippen MR) is 118 cm³/mol. The Labute approximate surface area is 173 Å². The number of nitrogens with zero attached hydrogens (tertiary/aromatic N) is 1. The number of hydrogen-bond acceptors (Lipinski definition) is 6. The lowest BCUT2D eigenvalue weighted by Gasteiger charge is -2.29. The van der Waals surface area contributed by atoms with Crippen LogP contribution in [0.2, 0.25) is 0 Å². The molecule has 0 saturated heterocycles. The van der Waals surface area contributed by atoms with Crippen LogP contribution in [0.1, 0.15) is 33.1 Å². The number of ether oxygens (including phenoxy) is 1. The number of hydrogen-bond donors (Lipinski definition) is 3. The maximum Gasteiger partial charge on any atom is 0.200 e. The highest BCUT2D eigenvalue weighted by atomic mass is 16.5. The molecule has 0 aromatic heterocycles. The third kappa shape index (κ3) is 5.50. The standard InChI is InChI=1S/C23H32N4O2/c1-6-11-20(28)19-14-17(15-27(4)23(19)29-5)21(24)16(2)22(25-3)26-18-12-9-7-8-10-13-18/h7-9,12-14,24-26H,6,10-11,15H2,1-5H3/b22-16-,24-21?. The topological polar surface area (TPSA) is 77.5 Å². The van der Waals surface area contributed by atoms with Crippen molar-refractivity contribution >= 4 is 11.5 Å². The Kier molecular flexibility index (Phi) is 8.07. The minimum Gasteiger partial charge on any atom is -0.482 e. The van der Waals surface area contributed by atoms with Crippen LogP contribution in [-0.4, -0.2) is 44.1 Å². The Morgan fingerprint density at radius 3 is 2.76 bits per heavy atom. The molecule has 2 aliphatic rings. The van der Waals surface area contributed by atoms with E-state index in [1.807, 2.05) is 57.1 Å². The van der Waals surface area contributed by atoms with Crippen molar-refractivity contribution in [3.63, 3.8) is 0 Å². The van der Waals surface area contributed by atoms with Crippen LogP contribution in [0.15, 0.2) is 70.6 Å². The predicted octanol–water partition coefficient (Wildman–Crippen LogP) is 3.55. The van der Waals surface area contributed by atoms with E-state index in [1.54, 1.807) is 7.11 Å². The molecule has 0 aromatic rings. The molecule has 0 radical (unpaired) electrons. The SMILES string of the molecule is CCCC(=O)C1=C(OC)N(C)CC(C(=N)/C(C)=C(/NC)NC2=CCC=CC=C2)=C1. The summed E-state index contributed by atoms with van der Waals surface area (Å²) in [6.07, 6.45) is 14.1. The van der Waals surface area contributed by atoms with Gasteiger partial charge in [-0.25, -0.2) is 0 Å². The molecule has 0 fully saturated rings. The summed E-state index contributed by atoms with van der Waals surface area (Å²) in [5.74, 6) is 1.37. The van der Waals surface area contributed by atoms with Gasteiger partial charge in [0.25, 0.3) is 0 Å². The van der Waals surface area contributed by atoms with Gasteiger partial charge in [0.2, 0.25) is 0 Å². The molecule has 156 valence electrons. The summed E-state index contributed by atoms with van der Waals surface area (Å²) in [4.78, 5) is 14.5. The molecule has 29 heavy (non-hydrogen) atoms. The Hall–Kier alpha value is -3.02. The third-order valence-corrected chi connectivity index (χ3v) is 4.86. The first-order chi connectivity index (χ1) is 13.9. The molecule has 0 amide bonds. The lowest BCUT2D eigenvalue weighted by atomic mass is 9.95. The van der Waals surface area contributed by atoms with Gasteiger partial charge in [-0.05, 0) is 37.5 Å². The van der Waals surface area contributed by atoms with Gasteiger partial charge in [0, 0.05) is 38.3 Å². The van der Waals surface area contributed by atoms with Crippen LogP contribution in [0, 0.1) is 5.41 Å². The van der Waals surface area contributed by atoms with E-state index in [0.717, 1.165) is 35.5 Å². The molecule has 0 spiro atoms. The van der Waals surface area contributed by atoms with E-state index in [9.17, 15) is 4.79 Å². The van der Waals surface area contributed by atoms with Crippen LogP contribution in [0.25, 0.3) is 0 Å². The average Bonchev–Trinajstić information content (AvgIpc) is 2.99. The lowest BCUT2D eigenvalue weighted by molar-refractivity contribution is -0.115. The summed E-state index contributed by atoms with van der Waals surface area (Å²) >= 11 is 0. The quantitative estimate of drug-likeness (QED) is 0.520. The molecule has 6 nitrogen and oxygen atoms in total. The second-order valence-corrected chi connectivity index (χ2v) is 7.05. The monoisotopic (exact) mass is 396 g/mol. The normalized spacial score (nSPS) is 17.2. The summed E-state index contributed by atoms with van der Waals surface area (Å²) in [7, 11) is 5.29. The summed E-state index contributed by atoms with van der Waals surface area (Å²) in [5.41, 5.74) is 3.47. The van der Waals surface area contributed by atoms with Crippen molar-refractivity contribution < 1.29 is 9.53 Å². The number of allylic oxidation sites excluding steroid dienone is 8. The molecule has 1 aliphatic heterocycles. The van der Waals surface area contributed by atoms with Gasteiger partial charge in [-0.2, -0.15) is 0 Å². The number of rotatable bonds is 9. The van der Waals surface area contributed by atoms with Crippen molar-refractivity contribution in [3.05, 3.63) is 70.6 Å². The molecule has 2 rings (SSSR count). The van der Waals surface area contributed by atoms with Gasteiger partial charge >= 0.3 is 0 Å². The zero-order valence-electron chi connectivity index (χ0n) is 18.1. The summed E-state index contributed by atoms with van der Waals surface area (Å²) in [6, 6.07) is 0. The van der Waals surface area contributed by atoms with Crippen LogP contribution in [0.3, 0.4) is 0 Å². The number of Topliss-reactive ketones (excluding diaryl/α,β-unsaturated/α-hetero) is 1. The zero-order valence-corrected chi connectivity index (χ0v) is 18.1. The maximum atomic E-state index is 12.6. The van der Waals surface area contributed by atoms with E-state index in [0.29, 0.717) is 30.1 Å². The lowest BCUT2D eigenvalue weighted by Crippen LogP contribution is -2.32. The Morgan fingerprint density at radius 2 is 2.10 bits per heavy atom. The van der Waals surface area contributed by atoms with Gasteiger partial charge in [0.15, 0.2) is 11.7 Å². The summed E-state index contributed by atoms with van der Waals surface area (Å²) in [6.45, 7) is 4.39. The van der Waals surface area contributed by atoms with Crippen molar-refractivity contribution in [2.24, 2.45) is 0 Å². The molecule has 3 N–H and O–H groups in total. The molecular weight excluding hydrogens is 364 g/mol. The molecule has 0 saturated carbocycles. The van der Waals surface area contributed by atoms with Gasteiger partial charge in [-0.3, -0.25) is 4.79 Å². The number of ketones is 1. The first-order valence-corrected chi connectivity index (χ1v) is 9.94. The van der Waals surface area contributed by atoms with E-state index >= 15 is 0 Å². The fraction of sp³-hybridized carbons (Fsp3) is 0.391. The van der Waals surface area contributed by atoms with E-state index in [2.05, 4.69) is 22.8 Å². The zero-order chi connectivity index (χ0) is 21.4. The molecular formula is C23H32N4O2. The third-order valence-electron chi connectivity index (χ3n) is 4.86. The highest BCUT2D eigenvalue weighted by Gasteiger charge is 2.25. The van der Waals surface area contributed by atoms with Gasteiger partial charge in [-0.15, -0.1) is 0 Å². The summed E-state index contributed by atoms with van der Waals surface area (Å²) < 4.78 is 5.46. The fourth-order valence-corrected chi connectivity index (χ4v) is 3.32. The van der Waals surface area contributed by atoms with Crippen LogP contribution < -0.4 is 10.6 Å². The van der Waals surface area contributed by atoms with Crippen LogP contribution in [0.5, 0.6) is 0 Å². The molecule has 0 bridgehead atoms. The van der Waals surface area contributed by atoms with Crippen molar-refractivity contribution in [2.75, 3.05) is 27.7 Å². The van der Waals surface area contributed by atoms with Crippen molar-refractivity contribution in [1.29, 1.82) is 5.41 Å². The number of likely N-dealkylation sites (N-methyl/N-ethyl adjacent to an activating group) is 1. The minimum atomic E-state index is 0.0380. The minimum absolute atomic E-state index is 0.0380. The van der Waals surface area contributed by atoms with Gasteiger partial charge in [0.05, 0.1) is 18.4 Å². The number of carbonyl (C=O) groups excluding carboxylic acids is 1. The Bertz CT molecular complexity index is 841. The molecule has 0 aromatic carbocycles. The van der Waals surface area contributed by atoms with E-state index in [4.69, 9.17) is 10.1 Å². The smallest absolute Gasteiger partial charge is 0.200 e. The highest BCUT2D eigenvalue weighted by Crippen LogP contribution is 2.25. The second-order valence-electron chi connectivity index (χ2n) is 7.05. The highest BCUT2D eigenvalue weighted by molar-refractivity contribution is 6.12. The van der Waals surface area contributed by atoms with Crippen LogP contribution in [0.4, 0.5) is 0 Å². The number of carbonyl (C=O) groups is 1. The van der Waals surface area contributed by atoms with Crippen molar-refractivity contribution in [3.8, 4) is 0 Å². The van der Waals surface area contributed by atoms with E-state index in [1.165, 1.54) is 0 Å². The Balaban J connectivity index is 2.34. The van der Waals surface area contributed by atoms with Crippen LogP contribution >= 0.6 is 0 Å². The van der Waals surface area contributed by atoms with Crippen molar-refractivity contribution in [1.82, 2.24) is 15.5 Å². The van der Waals surface area contributed by atoms with E-state index in [-0.39, 0.29) is 5.78 Å². The first-order valence-electron chi connectivity index (χ1n) is 9.94. The number of methoxy groups -OCH3 is 1. The van der Waals surface area contributed by atoms with Gasteiger partial charge in [-0.1, -0.05) is 31.2 Å². The fourth-order valence-electron chi connectivity index (χ4n) is 3.32. The molecule has 1 heterocycles. The van der Waals surface area contributed by atoms with Gasteiger partial charge in [0.1, 0.15) is 5.82 Å². The van der Waals surface area contributed by atoms with Gasteiger partial charge < -0.3 is 25.7 Å². The maximum absolute atomic E-state index is 12.6. The molecule has 6 heteroatoms. The second kappa shape index (κ2) is 10.5. The average molecular weight is 397 g/mol. The van der Waals surface area contributed by atoms with E-state index < -0.39 is 0 Å². The van der Waals surface area contributed by atoms with Crippen LogP contribution in [-0.2, 0) is 9.53 Å². The van der Waals surface area contributed by atoms with Crippen molar-refractivity contribution in [2.45, 2.75) is 33.1 Å². The summed E-state index contributed by atoms with van der Waals surface area (Å²) in [5, 5.41) is 15.3. The first kappa shape index (κ1) is 22.3. The largest absolute Gasteiger partial charge is 0.482 e. The number of nitrogens with one attached hydrogen (secondary N) is 3. The molecule has 0 unspecified atom stereocenters. The Morgan fingerprint density at radius 1 is 1.34 bits per heavy atom. The molecule has 0 atom stereocenters.